The third kappa shape index (κ3) is 3.93. The minimum Gasteiger partial charge on any atom is -0.356 e. The van der Waals surface area contributed by atoms with Gasteiger partial charge >= 0.3 is 0 Å². The molecule has 0 aromatic carbocycles. The fourth-order valence-electron chi connectivity index (χ4n) is 8.22. The first-order chi connectivity index (χ1) is 16.1. The van der Waals surface area contributed by atoms with Crippen LogP contribution < -0.4 is 10.2 Å². The van der Waals surface area contributed by atoms with E-state index in [2.05, 4.69) is 21.3 Å². The van der Waals surface area contributed by atoms with Crippen molar-refractivity contribution in [1.29, 1.82) is 0 Å². The van der Waals surface area contributed by atoms with Crippen LogP contribution in [0.2, 0.25) is 0 Å². The zero-order valence-electron chi connectivity index (χ0n) is 19.8. The number of carbonyl (C=O) groups excluding carboxylic acids is 2. The number of pyridine rings is 1. The van der Waals surface area contributed by atoms with E-state index in [0.717, 1.165) is 80.9 Å². The van der Waals surface area contributed by atoms with Gasteiger partial charge in [-0.3, -0.25) is 9.59 Å². The maximum Gasteiger partial charge on any atom is 0.243 e. The van der Waals surface area contributed by atoms with E-state index in [1.54, 1.807) is 0 Å². The molecule has 2 saturated heterocycles. The third-order valence-corrected chi connectivity index (χ3v) is 9.28. The SMILES string of the molecule is O=C(NCc1cccnc1N1CCCCC1)C1CCCN1C(=O)C12CC3CC(CC(C3)C1)C2. The first kappa shape index (κ1) is 21.4. The van der Waals surface area contributed by atoms with Crippen molar-refractivity contribution >= 4 is 17.6 Å². The number of nitrogens with one attached hydrogen (secondary N) is 1. The average molecular weight is 451 g/mol. The molecular formula is C27H38N4O2. The summed E-state index contributed by atoms with van der Waals surface area (Å²) in [4.78, 5) is 36.1. The molecule has 2 aliphatic heterocycles. The van der Waals surface area contributed by atoms with E-state index < -0.39 is 0 Å². The number of anilines is 1. The molecule has 1 aromatic rings. The number of hydrogen-bond acceptors (Lipinski definition) is 4. The number of piperidine rings is 1. The van der Waals surface area contributed by atoms with Crippen LogP contribution in [0.3, 0.4) is 0 Å². The van der Waals surface area contributed by atoms with Gasteiger partial charge in [-0.05, 0) is 94.4 Å². The van der Waals surface area contributed by atoms with Crippen molar-refractivity contribution in [3.8, 4) is 0 Å². The lowest BCUT2D eigenvalue weighted by Gasteiger charge is -2.56. The van der Waals surface area contributed by atoms with Crippen LogP contribution in [-0.4, -0.2) is 47.4 Å². The van der Waals surface area contributed by atoms with Crippen LogP contribution in [0.4, 0.5) is 5.82 Å². The van der Waals surface area contributed by atoms with Gasteiger partial charge in [0.25, 0.3) is 0 Å². The Labute approximate surface area is 197 Å². The standard InChI is InChI=1S/C27H38N4O2/c32-25(29-18-22-6-4-8-28-24(22)30-9-2-1-3-10-30)23-7-5-11-31(23)26(33)27-15-19-12-20(16-27)14-21(13-19)17-27/h4,6,8,19-21,23H,1-3,5,7,9-18H2,(H,29,32). The van der Waals surface area contributed by atoms with E-state index in [4.69, 9.17) is 0 Å². The van der Waals surface area contributed by atoms with Gasteiger partial charge in [0.1, 0.15) is 11.9 Å². The molecule has 0 radical (unpaired) electrons. The fourth-order valence-corrected chi connectivity index (χ4v) is 8.22. The molecule has 4 aliphatic carbocycles. The van der Waals surface area contributed by atoms with Gasteiger partial charge in [-0.25, -0.2) is 4.98 Å². The van der Waals surface area contributed by atoms with Gasteiger partial charge in [0.05, 0.1) is 5.41 Å². The second kappa shape index (κ2) is 8.59. The molecule has 3 heterocycles. The van der Waals surface area contributed by atoms with E-state index in [1.807, 2.05) is 17.2 Å². The van der Waals surface area contributed by atoms with Gasteiger partial charge in [0, 0.05) is 37.9 Å². The van der Waals surface area contributed by atoms with E-state index in [1.165, 1.54) is 38.5 Å². The highest BCUT2D eigenvalue weighted by atomic mass is 16.2. The highest BCUT2D eigenvalue weighted by Gasteiger charge is 2.56. The normalized spacial score (nSPS) is 35.2. The Morgan fingerprint density at radius 3 is 2.36 bits per heavy atom. The monoisotopic (exact) mass is 450 g/mol. The van der Waals surface area contributed by atoms with Gasteiger partial charge in [-0.2, -0.15) is 0 Å². The predicted molar refractivity (Wildman–Crippen MR) is 127 cm³/mol. The number of likely N-dealkylation sites (tertiary alicyclic amines) is 1. The van der Waals surface area contributed by atoms with Gasteiger partial charge in [-0.15, -0.1) is 0 Å². The van der Waals surface area contributed by atoms with Crippen LogP contribution in [0.25, 0.3) is 0 Å². The summed E-state index contributed by atoms with van der Waals surface area (Å²) in [7, 11) is 0. The average Bonchev–Trinajstić information content (AvgIpc) is 3.32. The van der Waals surface area contributed by atoms with Crippen molar-refractivity contribution in [3.63, 3.8) is 0 Å². The molecule has 1 aromatic heterocycles. The lowest BCUT2D eigenvalue weighted by molar-refractivity contribution is -0.160. The second-order valence-corrected chi connectivity index (χ2v) is 11.6. The first-order valence-electron chi connectivity index (χ1n) is 13.4. The molecule has 0 spiro atoms. The fraction of sp³-hybridized carbons (Fsp3) is 0.741. The molecule has 2 amide bonds. The Kier molecular flexibility index (Phi) is 5.58. The summed E-state index contributed by atoms with van der Waals surface area (Å²) >= 11 is 0. The summed E-state index contributed by atoms with van der Waals surface area (Å²) in [6.07, 6.45) is 14.5. The number of rotatable bonds is 5. The van der Waals surface area contributed by atoms with Crippen molar-refractivity contribution in [1.82, 2.24) is 15.2 Å². The summed E-state index contributed by atoms with van der Waals surface area (Å²) in [5, 5.41) is 3.18. The van der Waals surface area contributed by atoms with Crippen LogP contribution >= 0.6 is 0 Å². The summed E-state index contributed by atoms with van der Waals surface area (Å²) < 4.78 is 0. The molecule has 6 fully saturated rings. The van der Waals surface area contributed by atoms with Gasteiger partial charge in [0.2, 0.25) is 11.8 Å². The Bertz CT molecular complexity index is 874. The zero-order chi connectivity index (χ0) is 22.4. The maximum atomic E-state index is 13.9. The topological polar surface area (TPSA) is 65.5 Å². The lowest BCUT2D eigenvalue weighted by atomic mass is 9.49. The molecule has 178 valence electrons. The van der Waals surface area contributed by atoms with Crippen LogP contribution in [0.1, 0.15) is 76.2 Å². The zero-order valence-corrected chi connectivity index (χ0v) is 19.8. The highest BCUT2D eigenvalue weighted by Crippen LogP contribution is 2.60. The van der Waals surface area contributed by atoms with E-state index in [9.17, 15) is 9.59 Å². The van der Waals surface area contributed by atoms with E-state index in [-0.39, 0.29) is 17.4 Å². The Hall–Kier alpha value is -2.11. The lowest BCUT2D eigenvalue weighted by Crippen LogP contribution is -2.57. The number of carbonyl (C=O) groups is 2. The number of aromatic nitrogens is 1. The number of nitrogens with zero attached hydrogens (tertiary/aromatic N) is 3. The van der Waals surface area contributed by atoms with Gasteiger partial charge < -0.3 is 15.1 Å². The Morgan fingerprint density at radius 1 is 0.970 bits per heavy atom. The highest BCUT2D eigenvalue weighted by molar-refractivity contribution is 5.91. The molecule has 1 atom stereocenters. The molecule has 1 N–H and O–H groups in total. The van der Waals surface area contributed by atoms with Gasteiger partial charge in [-0.1, -0.05) is 6.07 Å². The van der Waals surface area contributed by atoms with Crippen LogP contribution in [0.15, 0.2) is 18.3 Å². The number of hydrogen-bond donors (Lipinski definition) is 1. The first-order valence-corrected chi connectivity index (χ1v) is 13.4. The largest absolute Gasteiger partial charge is 0.356 e. The minimum atomic E-state index is -0.305. The van der Waals surface area contributed by atoms with Crippen molar-refractivity contribution in [2.45, 2.75) is 83.2 Å². The van der Waals surface area contributed by atoms with Crippen LogP contribution in [0.5, 0.6) is 0 Å². The maximum absolute atomic E-state index is 13.9. The van der Waals surface area contributed by atoms with Crippen molar-refractivity contribution < 1.29 is 9.59 Å². The quantitative estimate of drug-likeness (QED) is 0.739. The molecule has 6 nitrogen and oxygen atoms in total. The van der Waals surface area contributed by atoms with Crippen molar-refractivity contribution in [2.75, 3.05) is 24.5 Å². The number of amides is 2. The molecule has 6 aliphatic rings. The third-order valence-electron chi connectivity index (χ3n) is 9.28. The molecule has 33 heavy (non-hydrogen) atoms. The summed E-state index contributed by atoms with van der Waals surface area (Å²) in [5.41, 5.74) is 0.910. The van der Waals surface area contributed by atoms with Crippen molar-refractivity contribution in [2.24, 2.45) is 23.2 Å². The smallest absolute Gasteiger partial charge is 0.243 e. The van der Waals surface area contributed by atoms with Crippen LogP contribution in [-0.2, 0) is 16.1 Å². The Balaban J connectivity index is 1.13. The summed E-state index contributed by atoms with van der Waals surface area (Å²) in [6, 6.07) is 3.72. The molecular weight excluding hydrogens is 412 g/mol. The van der Waals surface area contributed by atoms with E-state index >= 15 is 0 Å². The van der Waals surface area contributed by atoms with E-state index in [0.29, 0.717) is 12.5 Å². The summed E-state index contributed by atoms with van der Waals surface area (Å²) in [5.74, 6) is 3.55. The minimum absolute atomic E-state index is 0.0130. The van der Waals surface area contributed by atoms with Crippen molar-refractivity contribution in [3.05, 3.63) is 23.9 Å². The summed E-state index contributed by atoms with van der Waals surface area (Å²) in [6.45, 7) is 3.29. The molecule has 4 saturated carbocycles. The Morgan fingerprint density at radius 2 is 1.67 bits per heavy atom. The van der Waals surface area contributed by atoms with Gasteiger partial charge in [0.15, 0.2) is 0 Å². The molecule has 1 unspecified atom stereocenters. The molecule has 7 rings (SSSR count). The molecule has 6 heteroatoms. The predicted octanol–water partition coefficient (Wildman–Crippen LogP) is 3.90. The van der Waals surface area contributed by atoms with Crippen LogP contribution in [0, 0.1) is 23.2 Å². The molecule has 4 bridgehead atoms. The second-order valence-electron chi connectivity index (χ2n) is 11.6.